The van der Waals surface area contributed by atoms with Crippen molar-refractivity contribution in [3.63, 3.8) is 0 Å². The van der Waals surface area contributed by atoms with Gasteiger partial charge < -0.3 is 9.84 Å². The molecule has 0 unspecified atom stereocenters. The van der Waals surface area contributed by atoms with Gasteiger partial charge in [0.05, 0.1) is 5.75 Å². The van der Waals surface area contributed by atoms with E-state index >= 15 is 0 Å². The second-order valence-corrected chi connectivity index (χ2v) is 10.3. The number of aliphatic hydroxyl groups excluding tert-OH is 1. The molecule has 5 heteroatoms. The summed E-state index contributed by atoms with van der Waals surface area (Å²) in [5.74, 6) is 2.22. The average molecular weight is 701 g/mol. The molecule has 1 aromatic heterocycles. The Morgan fingerprint density at radius 3 is 2.31 bits per heavy atom. The second-order valence-electron chi connectivity index (χ2n) is 10.3. The number of ketones is 1. The van der Waals surface area contributed by atoms with Crippen LogP contribution in [0.2, 0.25) is 0 Å². The molecule has 5 rings (SSSR count). The molecule has 1 aliphatic heterocycles. The molecule has 3 aromatic carbocycles. The van der Waals surface area contributed by atoms with Crippen LogP contribution in [0.1, 0.15) is 67.2 Å². The van der Waals surface area contributed by atoms with E-state index in [9.17, 15) is 9.90 Å². The van der Waals surface area contributed by atoms with Gasteiger partial charge >= 0.3 is 0 Å². The summed E-state index contributed by atoms with van der Waals surface area (Å²) in [4.78, 5) is 17.0. The zero-order chi connectivity index (χ0) is 27.4. The van der Waals surface area contributed by atoms with Gasteiger partial charge in [-0.05, 0) is 50.1 Å². The number of rotatable bonds is 7. The monoisotopic (exact) mass is 701 g/mol. The Kier molecular flexibility index (Phi) is 10.1. The van der Waals surface area contributed by atoms with Crippen molar-refractivity contribution in [2.24, 2.45) is 11.3 Å². The molecule has 4 nitrogen and oxygen atoms in total. The topological polar surface area (TPSA) is 59.4 Å². The molecule has 4 aromatic rings. The van der Waals surface area contributed by atoms with Gasteiger partial charge in [0.25, 0.3) is 0 Å². The van der Waals surface area contributed by atoms with E-state index in [0.717, 1.165) is 70.0 Å². The Bertz CT molecular complexity index is 1490. The molecule has 207 valence electrons. The zero-order valence-corrected chi connectivity index (χ0v) is 26.1. The molecule has 0 saturated carbocycles. The molecule has 2 heterocycles. The number of aromatic nitrogens is 1. The van der Waals surface area contributed by atoms with E-state index in [-0.39, 0.29) is 37.2 Å². The molecule has 1 N–H and O–H groups in total. The van der Waals surface area contributed by atoms with Crippen LogP contribution < -0.4 is 4.74 Å². The van der Waals surface area contributed by atoms with Crippen molar-refractivity contribution in [2.45, 2.75) is 67.2 Å². The Morgan fingerprint density at radius 1 is 0.974 bits per heavy atom. The number of Topliss-reactive ketones (excluding diaryl/α,β-unsaturated/α-hetero) is 1. The predicted octanol–water partition coefficient (Wildman–Crippen LogP) is 9.61. The number of carbonyl (C=O) groups excluding carboxylic acids is 1. The van der Waals surface area contributed by atoms with Crippen molar-refractivity contribution in [3.8, 4) is 22.8 Å². The smallest absolute Gasteiger partial charge is 0.167 e. The number of hydrogen-bond donors (Lipinski definition) is 1. The summed E-state index contributed by atoms with van der Waals surface area (Å²) in [5, 5.41) is 14.6. The summed E-state index contributed by atoms with van der Waals surface area (Å²) in [7, 11) is 0. The van der Waals surface area contributed by atoms with Crippen LogP contribution in [-0.2, 0) is 24.9 Å². The molecular formula is C34H38IrNO3-. The van der Waals surface area contributed by atoms with Crippen molar-refractivity contribution >= 4 is 27.3 Å². The Morgan fingerprint density at radius 2 is 1.64 bits per heavy atom. The maximum absolute atomic E-state index is 12.4. The van der Waals surface area contributed by atoms with E-state index in [1.165, 1.54) is 0 Å². The summed E-state index contributed by atoms with van der Waals surface area (Å²) in [6, 6.07) is 21.8. The van der Waals surface area contributed by atoms with Gasteiger partial charge in [0.2, 0.25) is 0 Å². The second kappa shape index (κ2) is 12.9. The van der Waals surface area contributed by atoms with Gasteiger partial charge in [-0.1, -0.05) is 82.0 Å². The van der Waals surface area contributed by atoms with Crippen LogP contribution >= 0.6 is 0 Å². The number of fused-ring (bicyclic) bond motifs is 3. The first-order valence-corrected chi connectivity index (χ1v) is 13.7. The number of nitrogens with zero attached hydrogens (tertiary/aromatic N) is 1. The molecule has 0 amide bonds. The fraction of sp³-hybridized carbons (Fsp3) is 0.353. The maximum atomic E-state index is 12.4. The van der Waals surface area contributed by atoms with Gasteiger partial charge in [0.1, 0.15) is 11.5 Å². The summed E-state index contributed by atoms with van der Waals surface area (Å²) >= 11 is 0. The van der Waals surface area contributed by atoms with E-state index in [4.69, 9.17) is 4.74 Å². The molecule has 0 aliphatic carbocycles. The van der Waals surface area contributed by atoms with E-state index in [1.54, 1.807) is 6.92 Å². The third-order valence-corrected chi connectivity index (χ3v) is 8.17. The fourth-order valence-corrected chi connectivity index (χ4v) is 5.11. The molecular weight excluding hydrogens is 663 g/mol. The van der Waals surface area contributed by atoms with Crippen molar-refractivity contribution in [1.29, 1.82) is 0 Å². The number of ether oxygens (including phenoxy) is 1. The standard InChI is InChI=1S/C19H10NO.C15H28O2.Ir/c1-2-5-14-11-17-15(10-13(14)4-1)19-18-12(8-9-20-19)6-3-7-16(18)21-17;1-7-12(8-2)13(16)11(5)14(17)15(6,9-3)10-4;/h1-9,11H;12,16H,7-10H2,1-6H3;/q-1;;/b;13-11-;. The van der Waals surface area contributed by atoms with Gasteiger partial charge in [0, 0.05) is 54.3 Å². The zero-order valence-electron chi connectivity index (χ0n) is 23.7. The van der Waals surface area contributed by atoms with Crippen LogP contribution in [0.3, 0.4) is 0 Å². The van der Waals surface area contributed by atoms with Gasteiger partial charge in [-0.15, -0.1) is 17.5 Å². The molecule has 1 aliphatic rings. The van der Waals surface area contributed by atoms with Crippen LogP contribution in [0.15, 0.2) is 72.1 Å². The molecule has 0 bridgehead atoms. The maximum Gasteiger partial charge on any atom is 0.167 e. The molecule has 0 atom stereocenters. The number of benzene rings is 3. The molecule has 1 radical (unpaired) electrons. The molecule has 0 spiro atoms. The minimum Gasteiger partial charge on any atom is -0.512 e. The number of carbonyl (C=O) groups is 1. The minimum atomic E-state index is -0.329. The van der Waals surface area contributed by atoms with Crippen molar-refractivity contribution in [3.05, 3.63) is 78.2 Å². The Hall–Kier alpha value is -3.01. The van der Waals surface area contributed by atoms with Crippen LogP contribution in [0.25, 0.3) is 32.8 Å². The first-order chi connectivity index (χ1) is 18.3. The minimum absolute atomic E-state index is 0. The molecule has 0 saturated heterocycles. The van der Waals surface area contributed by atoms with Gasteiger partial charge in [-0.3, -0.25) is 9.78 Å². The van der Waals surface area contributed by atoms with Gasteiger partial charge in [-0.25, -0.2) is 0 Å². The molecule has 39 heavy (non-hydrogen) atoms. The summed E-state index contributed by atoms with van der Waals surface area (Å²) < 4.78 is 6.09. The largest absolute Gasteiger partial charge is 0.512 e. The van der Waals surface area contributed by atoms with Crippen LogP contribution in [0, 0.1) is 17.4 Å². The normalized spacial score (nSPS) is 12.6. The van der Waals surface area contributed by atoms with Crippen molar-refractivity contribution < 1.29 is 34.7 Å². The first kappa shape index (κ1) is 30.5. The Labute approximate surface area is 245 Å². The van der Waals surface area contributed by atoms with Gasteiger partial charge in [0.15, 0.2) is 5.78 Å². The SMILES string of the molecule is CCC(CC)/C(O)=C(\C)C(=O)C(C)(CC)CC.[Ir].[c-]1c2c(cc3ccccc13)Oc1cccc3ccnc-2c13. The quantitative estimate of drug-likeness (QED) is 0.104. The summed E-state index contributed by atoms with van der Waals surface area (Å²) in [6.07, 6.45) is 5.23. The van der Waals surface area contributed by atoms with Crippen molar-refractivity contribution in [2.75, 3.05) is 0 Å². The number of allylic oxidation sites excluding steroid dienone is 2. The third kappa shape index (κ3) is 5.95. The third-order valence-electron chi connectivity index (χ3n) is 8.17. The number of aliphatic hydroxyl groups is 1. The Balaban J connectivity index is 0.000000217. The number of pyridine rings is 1. The average Bonchev–Trinajstić information content (AvgIpc) is 2.96. The first-order valence-electron chi connectivity index (χ1n) is 13.7. The fourth-order valence-electron chi connectivity index (χ4n) is 5.11. The van der Waals surface area contributed by atoms with Gasteiger partial charge in [-0.2, -0.15) is 0 Å². The summed E-state index contributed by atoms with van der Waals surface area (Å²) in [6.45, 7) is 11.9. The predicted molar refractivity (Wildman–Crippen MR) is 157 cm³/mol. The van der Waals surface area contributed by atoms with Crippen LogP contribution in [0.5, 0.6) is 11.5 Å². The van der Waals surface area contributed by atoms with Crippen LogP contribution in [-0.4, -0.2) is 15.9 Å². The van der Waals surface area contributed by atoms with E-state index < -0.39 is 0 Å². The van der Waals surface area contributed by atoms with Crippen LogP contribution in [0.4, 0.5) is 0 Å². The van der Waals surface area contributed by atoms with E-state index in [0.29, 0.717) is 11.3 Å². The summed E-state index contributed by atoms with van der Waals surface area (Å²) in [5.41, 5.74) is 2.13. The molecule has 0 fully saturated rings. The number of hydrogen-bond acceptors (Lipinski definition) is 4. The van der Waals surface area contributed by atoms with E-state index in [1.807, 2.05) is 71.1 Å². The van der Waals surface area contributed by atoms with Crippen molar-refractivity contribution in [1.82, 2.24) is 4.98 Å². The van der Waals surface area contributed by atoms with E-state index in [2.05, 4.69) is 35.3 Å².